The number of rotatable bonds is 7. The van der Waals surface area contributed by atoms with Gasteiger partial charge in [0, 0.05) is 12.6 Å². The fourth-order valence-corrected chi connectivity index (χ4v) is 1.36. The molecule has 0 saturated carbocycles. The molecule has 0 aliphatic carbocycles. The molecule has 0 aromatic rings. The van der Waals surface area contributed by atoms with Crippen LogP contribution in [0.3, 0.4) is 0 Å². The normalized spacial score (nSPS) is 10.8. The Morgan fingerprint density at radius 1 is 1.27 bits per heavy atom. The van der Waals surface area contributed by atoms with E-state index in [0.29, 0.717) is 0 Å². The van der Waals surface area contributed by atoms with Gasteiger partial charge in [0.1, 0.15) is 0 Å². The second kappa shape index (κ2) is 8.53. The van der Waals surface area contributed by atoms with Gasteiger partial charge in [-0.15, -0.1) is 0 Å². The molecule has 0 aromatic carbocycles. The van der Waals surface area contributed by atoms with Gasteiger partial charge in [-0.1, -0.05) is 13.8 Å². The molecule has 0 atom stereocenters. The quantitative estimate of drug-likeness (QED) is 0.631. The van der Waals surface area contributed by atoms with Crippen LogP contribution in [0.5, 0.6) is 0 Å². The predicted octanol–water partition coefficient (Wildman–Crippen LogP) is 1.43. The summed E-state index contributed by atoms with van der Waals surface area (Å²) in [5.41, 5.74) is 0. The molecule has 0 saturated heterocycles. The number of hydrogen-bond donors (Lipinski definition) is 2. The molecule has 0 bridgehead atoms. The maximum atomic E-state index is 11.2. The van der Waals surface area contributed by atoms with Crippen LogP contribution in [-0.4, -0.2) is 43.2 Å². The smallest absolute Gasteiger partial charge is 0.314 e. The van der Waals surface area contributed by atoms with Crippen LogP contribution in [0.4, 0.5) is 4.79 Å². The van der Waals surface area contributed by atoms with Crippen LogP contribution in [0, 0.1) is 0 Å². The molecule has 0 aromatic heterocycles. The van der Waals surface area contributed by atoms with E-state index < -0.39 is 0 Å². The van der Waals surface area contributed by atoms with Crippen molar-refractivity contribution in [2.45, 2.75) is 40.2 Å². The van der Waals surface area contributed by atoms with E-state index in [-0.39, 0.29) is 12.1 Å². The van der Waals surface area contributed by atoms with E-state index in [4.69, 9.17) is 0 Å². The first-order valence-electron chi connectivity index (χ1n) is 5.86. The van der Waals surface area contributed by atoms with Crippen LogP contribution in [0.2, 0.25) is 0 Å². The van der Waals surface area contributed by atoms with Crippen LogP contribution in [-0.2, 0) is 0 Å². The first-order valence-corrected chi connectivity index (χ1v) is 5.86. The van der Waals surface area contributed by atoms with Gasteiger partial charge >= 0.3 is 6.03 Å². The number of nitrogens with zero attached hydrogens (tertiary/aromatic N) is 1. The van der Waals surface area contributed by atoms with Crippen LogP contribution in [0.1, 0.15) is 34.1 Å². The molecule has 0 aliphatic rings. The van der Waals surface area contributed by atoms with Crippen molar-refractivity contribution in [2.24, 2.45) is 0 Å². The van der Waals surface area contributed by atoms with Crippen molar-refractivity contribution in [3.8, 4) is 0 Å². The van der Waals surface area contributed by atoms with Gasteiger partial charge in [-0.3, -0.25) is 0 Å². The fraction of sp³-hybridized carbons (Fsp3) is 0.909. The zero-order valence-corrected chi connectivity index (χ0v) is 10.5. The Labute approximate surface area is 93.4 Å². The third-order valence-corrected chi connectivity index (χ3v) is 2.25. The molecule has 0 spiro atoms. The van der Waals surface area contributed by atoms with Crippen LogP contribution in [0.25, 0.3) is 0 Å². The Morgan fingerprint density at radius 3 is 2.33 bits per heavy atom. The Kier molecular flexibility index (Phi) is 8.09. The van der Waals surface area contributed by atoms with E-state index in [1.807, 2.05) is 13.8 Å². The lowest BCUT2D eigenvalue weighted by Crippen LogP contribution is -2.40. The molecule has 4 nitrogen and oxygen atoms in total. The second-order valence-electron chi connectivity index (χ2n) is 3.94. The largest absolute Gasteiger partial charge is 0.338 e. The molecule has 0 radical (unpaired) electrons. The first-order chi connectivity index (χ1) is 7.10. The van der Waals surface area contributed by atoms with Crippen molar-refractivity contribution in [3.63, 3.8) is 0 Å². The van der Waals surface area contributed by atoms with Gasteiger partial charge in [0.25, 0.3) is 0 Å². The lowest BCUT2D eigenvalue weighted by atomic mass is 10.3. The Balaban J connectivity index is 3.41. The molecule has 2 amide bonds. The summed E-state index contributed by atoms with van der Waals surface area (Å²) in [7, 11) is 0. The molecule has 0 aliphatic heterocycles. The molecule has 0 heterocycles. The summed E-state index contributed by atoms with van der Waals surface area (Å²) in [4.78, 5) is 13.6. The summed E-state index contributed by atoms with van der Waals surface area (Å²) in [6.07, 6.45) is 1.01. The summed E-state index contributed by atoms with van der Waals surface area (Å²) >= 11 is 0. The minimum atomic E-state index is -0.0652. The van der Waals surface area contributed by atoms with E-state index in [0.717, 1.165) is 32.6 Å². The average molecular weight is 215 g/mol. The van der Waals surface area contributed by atoms with Gasteiger partial charge in [0.05, 0.1) is 0 Å². The van der Waals surface area contributed by atoms with Gasteiger partial charge in [0.15, 0.2) is 0 Å². The van der Waals surface area contributed by atoms with Gasteiger partial charge in [-0.2, -0.15) is 0 Å². The molecule has 4 heteroatoms. The molecule has 15 heavy (non-hydrogen) atoms. The summed E-state index contributed by atoms with van der Waals surface area (Å²) in [5.74, 6) is 0. The van der Waals surface area contributed by atoms with Gasteiger partial charge < -0.3 is 15.5 Å². The Bertz CT molecular complexity index is 167. The van der Waals surface area contributed by atoms with Crippen molar-refractivity contribution in [2.75, 3.05) is 26.2 Å². The number of nitrogens with one attached hydrogen (secondary N) is 2. The minimum Gasteiger partial charge on any atom is -0.338 e. The lowest BCUT2D eigenvalue weighted by molar-refractivity contribution is 0.237. The molecular weight excluding hydrogens is 190 g/mol. The average Bonchev–Trinajstić information content (AvgIpc) is 2.17. The fourth-order valence-electron chi connectivity index (χ4n) is 1.36. The van der Waals surface area contributed by atoms with Gasteiger partial charge in [-0.25, -0.2) is 4.79 Å². The zero-order chi connectivity index (χ0) is 11.7. The first kappa shape index (κ1) is 14.2. The highest BCUT2D eigenvalue weighted by molar-refractivity contribution is 5.73. The minimum absolute atomic E-state index is 0.0652. The van der Waals surface area contributed by atoms with Crippen molar-refractivity contribution in [1.29, 1.82) is 0 Å². The molecule has 0 fully saturated rings. The number of amides is 2. The van der Waals surface area contributed by atoms with Gasteiger partial charge in [0.2, 0.25) is 0 Å². The maximum Gasteiger partial charge on any atom is 0.314 e. The van der Waals surface area contributed by atoms with Gasteiger partial charge in [-0.05, 0) is 39.9 Å². The maximum absolute atomic E-state index is 11.2. The molecule has 90 valence electrons. The van der Waals surface area contributed by atoms with Crippen molar-refractivity contribution < 1.29 is 4.79 Å². The van der Waals surface area contributed by atoms with Crippen LogP contribution >= 0.6 is 0 Å². The molecular formula is C11H25N3O. The summed E-state index contributed by atoms with van der Waals surface area (Å²) < 4.78 is 0. The third kappa shape index (κ3) is 8.24. The summed E-state index contributed by atoms with van der Waals surface area (Å²) in [6.45, 7) is 12.2. The Morgan fingerprint density at radius 2 is 1.87 bits per heavy atom. The predicted molar refractivity (Wildman–Crippen MR) is 64.1 cm³/mol. The number of hydrogen-bond acceptors (Lipinski definition) is 2. The summed E-state index contributed by atoms with van der Waals surface area (Å²) in [5, 5.41) is 5.64. The second-order valence-corrected chi connectivity index (χ2v) is 3.94. The highest BCUT2D eigenvalue weighted by atomic mass is 16.2. The van der Waals surface area contributed by atoms with Crippen LogP contribution < -0.4 is 10.6 Å². The number of carbonyl (C=O) groups excluding carboxylic acids is 1. The topological polar surface area (TPSA) is 44.4 Å². The monoisotopic (exact) mass is 215 g/mol. The van der Waals surface area contributed by atoms with E-state index >= 15 is 0 Å². The summed E-state index contributed by atoms with van der Waals surface area (Å²) in [6, 6.07) is 0.136. The standard InChI is InChI=1S/C11H25N3O/c1-5-14(6-2)9-7-8-12-11(15)13-10(3)4/h10H,5-9H2,1-4H3,(H2,12,13,15). The molecule has 0 rings (SSSR count). The van der Waals surface area contributed by atoms with E-state index in [1.54, 1.807) is 0 Å². The number of urea groups is 1. The third-order valence-electron chi connectivity index (χ3n) is 2.25. The zero-order valence-electron chi connectivity index (χ0n) is 10.5. The highest BCUT2D eigenvalue weighted by Gasteiger charge is 2.02. The highest BCUT2D eigenvalue weighted by Crippen LogP contribution is 1.89. The van der Waals surface area contributed by atoms with Crippen molar-refractivity contribution in [3.05, 3.63) is 0 Å². The van der Waals surface area contributed by atoms with Crippen molar-refractivity contribution >= 4 is 6.03 Å². The number of carbonyl (C=O) groups is 1. The lowest BCUT2D eigenvalue weighted by Gasteiger charge is -2.18. The van der Waals surface area contributed by atoms with E-state index in [2.05, 4.69) is 29.4 Å². The van der Waals surface area contributed by atoms with Crippen molar-refractivity contribution in [1.82, 2.24) is 15.5 Å². The molecule has 0 unspecified atom stereocenters. The van der Waals surface area contributed by atoms with Crippen LogP contribution in [0.15, 0.2) is 0 Å². The SMILES string of the molecule is CCN(CC)CCCNC(=O)NC(C)C. The van der Waals surface area contributed by atoms with E-state index in [9.17, 15) is 4.79 Å². The Hall–Kier alpha value is -0.770. The molecule has 2 N–H and O–H groups in total. The van der Waals surface area contributed by atoms with E-state index in [1.165, 1.54) is 0 Å².